The number of thioether (sulfide) groups is 2. The quantitative estimate of drug-likeness (QED) is 0.206. The van der Waals surface area contributed by atoms with Gasteiger partial charge >= 0.3 is 0 Å². The topological polar surface area (TPSA) is 53.2 Å². The van der Waals surface area contributed by atoms with E-state index in [9.17, 15) is 9.18 Å². The summed E-state index contributed by atoms with van der Waals surface area (Å²) in [5, 5.41) is 10.0. The van der Waals surface area contributed by atoms with Crippen LogP contribution in [0.2, 0.25) is 0 Å². The summed E-state index contributed by atoms with van der Waals surface area (Å²) < 4.78 is 13.9. The number of carbonyl (C=O) groups excluding carboxylic acids is 1. The van der Waals surface area contributed by atoms with Gasteiger partial charge in [0.15, 0.2) is 5.78 Å². The Labute approximate surface area is 125 Å². The molecule has 0 amide bonds. The molecule has 0 atom stereocenters. The maximum absolute atomic E-state index is 13.4. The van der Waals surface area contributed by atoms with Gasteiger partial charge < -0.3 is 0 Å². The first-order chi connectivity index (χ1) is 9.69. The Morgan fingerprint density at radius 2 is 2.25 bits per heavy atom. The Bertz CT molecular complexity index is 591. The Morgan fingerprint density at radius 1 is 1.50 bits per heavy atom. The third-order valence-electron chi connectivity index (χ3n) is 1.99. The van der Waals surface area contributed by atoms with Crippen molar-refractivity contribution in [3.63, 3.8) is 0 Å². The fraction of sp³-hybridized carbons (Fsp3) is 0.0714. The average molecular weight is 306 g/mol. The van der Waals surface area contributed by atoms with E-state index in [4.69, 9.17) is 5.26 Å². The van der Waals surface area contributed by atoms with Crippen LogP contribution in [0, 0.1) is 17.3 Å². The van der Waals surface area contributed by atoms with Crippen LogP contribution < -0.4 is 0 Å². The van der Waals surface area contributed by atoms with Crippen LogP contribution in [-0.4, -0.2) is 15.9 Å². The van der Waals surface area contributed by atoms with Crippen molar-refractivity contribution >= 4 is 33.7 Å². The van der Waals surface area contributed by atoms with Crippen molar-refractivity contribution in [2.45, 2.75) is 0 Å². The summed E-state index contributed by atoms with van der Waals surface area (Å²) in [6.07, 6.45) is 4.63. The zero-order valence-electron chi connectivity index (χ0n) is 10.5. The first kappa shape index (κ1) is 16.2. The molecule has 1 aromatic carbocycles. The zero-order chi connectivity index (χ0) is 14.8. The lowest BCUT2D eigenvalue weighted by atomic mass is 10.1. The Kier molecular flexibility index (Phi) is 7.40. The molecule has 6 heteroatoms. The van der Waals surface area contributed by atoms with Gasteiger partial charge in [-0.15, -0.1) is 6.58 Å². The van der Waals surface area contributed by atoms with Crippen molar-refractivity contribution in [2.24, 2.45) is 4.99 Å². The smallest absolute Gasteiger partial charge is 0.207 e. The van der Waals surface area contributed by atoms with Crippen LogP contribution in [0.5, 0.6) is 0 Å². The minimum absolute atomic E-state index is 0.0156. The van der Waals surface area contributed by atoms with Crippen LogP contribution in [0.4, 0.5) is 4.39 Å². The summed E-state index contributed by atoms with van der Waals surface area (Å²) in [6.45, 7) is 3.57. The van der Waals surface area contributed by atoms with Gasteiger partial charge in [0.1, 0.15) is 10.2 Å². The Hall–Kier alpha value is -1.84. The largest absolute Gasteiger partial charge is 0.289 e. The Morgan fingerprint density at radius 3 is 2.90 bits per heavy atom. The molecule has 0 N–H and O–H groups in total. The molecule has 102 valence electrons. The molecule has 0 aliphatic carbocycles. The number of benzene rings is 1. The maximum Gasteiger partial charge on any atom is 0.207 e. The highest BCUT2D eigenvalue weighted by Gasteiger charge is 2.07. The van der Waals surface area contributed by atoms with E-state index < -0.39 is 11.6 Å². The molecule has 0 radical (unpaired) electrons. The van der Waals surface area contributed by atoms with Gasteiger partial charge in [-0.05, 0) is 23.6 Å². The van der Waals surface area contributed by atoms with Crippen molar-refractivity contribution in [3.05, 3.63) is 59.8 Å². The molecule has 0 spiro atoms. The van der Waals surface area contributed by atoms with Crippen molar-refractivity contribution < 1.29 is 9.18 Å². The summed E-state index contributed by atoms with van der Waals surface area (Å²) in [6, 6.07) is 5.77. The number of halogens is 1. The molecule has 1 rings (SSSR count). The molecule has 20 heavy (non-hydrogen) atoms. The second-order valence-electron chi connectivity index (χ2n) is 3.34. The van der Waals surface area contributed by atoms with E-state index in [1.54, 1.807) is 18.3 Å². The van der Waals surface area contributed by atoms with Crippen molar-refractivity contribution in [1.82, 2.24) is 0 Å². The minimum atomic E-state index is -0.556. The van der Waals surface area contributed by atoms with Crippen LogP contribution in [0.3, 0.4) is 0 Å². The molecule has 1 aromatic rings. The van der Waals surface area contributed by atoms with Gasteiger partial charge in [0.2, 0.25) is 6.19 Å². The monoisotopic (exact) mass is 306 g/mol. The number of ketones is 1. The average Bonchev–Trinajstić information content (AvgIpc) is 2.45. The fourth-order valence-corrected chi connectivity index (χ4v) is 2.58. The van der Waals surface area contributed by atoms with E-state index in [0.717, 1.165) is 11.8 Å². The van der Waals surface area contributed by atoms with Crippen LogP contribution >= 0.6 is 23.5 Å². The van der Waals surface area contributed by atoms with Gasteiger partial charge in [0.25, 0.3) is 0 Å². The minimum Gasteiger partial charge on any atom is -0.289 e. The molecule has 0 aromatic heterocycles. The molecule has 0 saturated carbocycles. The third kappa shape index (κ3) is 5.43. The second kappa shape index (κ2) is 9.13. The lowest BCUT2D eigenvalue weighted by Gasteiger charge is -1.98. The van der Waals surface area contributed by atoms with Crippen molar-refractivity contribution in [1.29, 1.82) is 5.26 Å². The number of hydrogen-bond acceptors (Lipinski definition) is 5. The highest BCUT2D eigenvalue weighted by atomic mass is 32.2. The second-order valence-corrected chi connectivity index (χ2v) is 5.50. The van der Waals surface area contributed by atoms with Crippen molar-refractivity contribution in [3.8, 4) is 6.19 Å². The SMILES string of the molecule is C=CCSC(=NC#N)S/C=C/C(=O)c1ccccc1F. The summed E-state index contributed by atoms with van der Waals surface area (Å²) in [5.41, 5.74) is 0.0156. The number of hydrogen-bond donors (Lipinski definition) is 0. The van der Waals surface area contributed by atoms with Gasteiger partial charge in [-0.1, -0.05) is 41.7 Å². The van der Waals surface area contributed by atoms with Gasteiger partial charge in [-0.2, -0.15) is 10.3 Å². The van der Waals surface area contributed by atoms with E-state index in [1.807, 2.05) is 0 Å². The van der Waals surface area contributed by atoms with Gasteiger partial charge in [0, 0.05) is 5.75 Å². The van der Waals surface area contributed by atoms with Gasteiger partial charge in [-0.3, -0.25) is 4.79 Å². The predicted octanol–water partition coefficient (Wildman–Crippen LogP) is 4.01. The first-order valence-electron chi connectivity index (χ1n) is 5.51. The van der Waals surface area contributed by atoms with E-state index in [1.165, 1.54) is 41.4 Å². The number of aliphatic imine (C=N–C) groups is 1. The lowest BCUT2D eigenvalue weighted by Crippen LogP contribution is -1.97. The molecule has 0 fully saturated rings. The normalized spacial score (nSPS) is 11.3. The number of allylic oxidation sites excluding steroid dienone is 1. The number of nitriles is 1. The molecule has 0 aliphatic heterocycles. The zero-order valence-corrected chi connectivity index (χ0v) is 12.1. The number of rotatable bonds is 5. The molecule has 0 saturated heterocycles. The molecule has 0 heterocycles. The van der Waals surface area contributed by atoms with Crippen LogP contribution in [0.15, 0.2) is 53.4 Å². The summed E-state index contributed by atoms with van der Waals surface area (Å²) in [4.78, 5) is 15.4. The maximum atomic E-state index is 13.4. The predicted molar refractivity (Wildman–Crippen MR) is 83.2 cm³/mol. The molecule has 0 bridgehead atoms. The molecular formula is C14H11FN2OS2. The summed E-state index contributed by atoms with van der Waals surface area (Å²) >= 11 is 2.47. The molecule has 0 aliphatic rings. The van der Waals surface area contributed by atoms with Gasteiger partial charge in [-0.25, -0.2) is 4.39 Å². The van der Waals surface area contributed by atoms with E-state index >= 15 is 0 Å². The van der Waals surface area contributed by atoms with Crippen molar-refractivity contribution in [2.75, 3.05) is 5.75 Å². The van der Waals surface area contributed by atoms with Crippen LogP contribution in [0.25, 0.3) is 0 Å². The van der Waals surface area contributed by atoms with E-state index in [0.29, 0.717) is 10.1 Å². The molecule has 3 nitrogen and oxygen atoms in total. The standard InChI is InChI=1S/C14H11FN2OS2/c1-2-8-19-14(17-10-16)20-9-7-13(18)11-5-3-4-6-12(11)15/h2-7,9H,1,8H2/b9-7+,17-14?. The highest BCUT2D eigenvalue weighted by molar-refractivity contribution is 8.40. The number of carbonyl (C=O) groups is 1. The number of nitrogens with zero attached hydrogens (tertiary/aromatic N) is 2. The van der Waals surface area contributed by atoms with E-state index in [2.05, 4.69) is 11.6 Å². The fourth-order valence-electron chi connectivity index (χ4n) is 1.17. The summed E-state index contributed by atoms with van der Waals surface area (Å²) in [7, 11) is 0. The van der Waals surface area contributed by atoms with E-state index in [-0.39, 0.29) is 5.56 Å². The third-order valence-corrected chi connectivity index (χ3v) is 3.94. The van der Waals surface area contributed by atoms with Gasteiger partial charge in [0.05, 0.1) is 5.56 Å². The lowest BCUT2D eigenvalue weighted by molar-refractivity contribution is 0.104. The Balaban J connectivity index is 2.66. The molecule has 0 unspecified atom stereocenters. The van der Waals surface area contributed by atoms with Crippen LogP contribution in [0.1, 0.15) is 10.4 Å². The first-order valence-corrected chi connectivity index (χ1v) is 7.38. The van der Waals surface area contributed by atoms with Crippen LogP contribution in [-0.2, 0) is 0 Å². The summed E-state index contributed by atoms with van der Waals surface area (Å²) in [5.74, 6) is -0.373. The molecular weight excluding hydrogens is 295 g/mol. The highest BCUT2D eigenvalue weighted by Crippen LogP contribution is 2.19.